The van der Waals surface area contributed by atoms with Crippen LogP contribution in [0.5, 0.6) is 5.75 Å². The molecule has 0 heterocycles. The Morgan fingerprint density at radius 3 is 0.833 bits per heavy atom. The third kappa shape index (κ3) is 27.8. The van der Waals surface area contributed by atoms with Gasteiger partial charge in [0.1, 0.15) is 5.75 Å². The number of phenols is 1. The van der Waals surface area contributed by atoms with E-state index in [-0.39, 0.29) is 0 Å². The number of hydrogen-bond acceptors (Lipinski definition) is 1. The van der Waals surface area contributed by atoms with Gasteiger partial charge in [0.25, 0.3) is 0 Å². The fourth-order valence-electron chi connectivity index (χ4n) is 6.59. The van der Waals surface area contributed by atoms with Crippen LogP contribution in [0.25, 0.3) is 0 Å². The van der Waals surface area contributed by atoms with Crippen LogP contribution in [0.4, 0.5) is 0 Å². The summed E-state index contributed by atoms with van der Waals surface area (Å²) in [5.74, 6) is 0.466. The normalized spacial score (nSPS) is 11.5. The summed E-state index contributed by atoms with van der Waals surface area (Å²) in [5, 5.41) is 9.83. The van der Waals surface area contributed by atoms with Crippen LogP contribution in [0, 0.1) is 0 Å². The van der Waals surface area contributed by atoms with E-state index in [2.05, 4.69) is 13.0 Å². The molecule has 1 rings (SSSR count). The first kappa shape index (κ1) is 39.0. The second-order valence-electron chi connectivity index (χ2n) is 13.7. The van der Waals surface area contributed by atoms with Gasteiger partial charge in [-0.05, 0) is 24.5 Å². The number of rotatable bonds is 34. The third-order valence-corrected chi connectivity index (χ3v) is 9.54. The summed E-state index contributed by atoms with van der Waals surface area (Å²) in [4.78, 5) is 0. The van der Waals surface area contributed by atoms with Crippen LogP contribution >= 0.6 is 0 Å². The molecule has 42 heavy (non-hydrogen) atoms. The van der Waals surface area contributed by atoms with Gasteiger partial charge in [0.15, 0.2) is 0 Å². The van der Waals surface area contributed by atoms with Crippen LogP contribution < -0.4 is 0 Å². The van der Waals surface area contributed by atoms with Crippen LogP contribution in [-0.4, -0.2) is 5.11 Å². The number of aryl methyl sites for hydroxylation is 1. The van der Waals surface area contributed by atoms with Crippen LogP contribution in [0.2, 0.25) is 0 Å². The van der Waals surface area contributed by atoms with Crippen molar-refractivity contribution in [2.75, 3.05) is 0 Å². The molecule has 0 amide bonds. The number of aromatic hydroxyl groups is 1. The Balaban J connectivity index is 1.63. The van der Waals surface area contributed by atoms with Crippen LogP contribution in [0.15, 0.2) is 24.3 Å². The Kier molecular flexibility index (Phi) is 30.6. The standard InChI is InChI=1S/C41H76O/c1-2-3-4-5-6-7-8-9-10-11-12-13-14-15-16-17-18-19-20-21-22-23-24-25-26-27-28-29-30-31-32-33-34-37-40-38-35-36-39-41(40)42/h35-36,38-39,42H,2-34,37H2,1H3. The summed E-state index contributed by atoms with van der Waals surface area (Å²) in [6.45, 7) is 2.31. The van der Waals surface area contributed by atoms with Gasteiger partial charge >= 0.3 is 0 Å². The molecule has 0 aliphatic heterocycles. The Labute approximate surface area is 265 Å². The molecule has 1 heteroatoms. The Hall–Kier alpha value is -0.980. The molecule has 1 nitrogen and oxygen atoms in total. The zero-order valence-electron chi connectivity index (χ0n) is 28.8. The predicted octanol–water partition coefficient (Wildman–Crippen LogP) is 14.8. The first-order valence-corrected chi connectivity index (χ1v) is 19.6. The van der Waals surface area contributed by atoms with Crippen molar-refractivity contribution < 1.29 is 5.11 Å². The number of benzene rings is 1. The molecule has 1 aromatic carbocycles. The monoisotopic (exact) mass is 585 g/mol. The van der Waals surface area contributed by atoms with Crippen molar-refractivity contribution in [3.05, 3.63) is 29.8 Å². The van der Waals surface area contributed by atoms with Crippen molar-refractivity contribution in [1.29, 1.82) is 0 Å². The van der Waals surface area contributed by atoms with E-state index in [1.165, 1.54) is 212 Å². The average Bonchev–Trinajstić information content (AvgIpc) is 3.00. The van der Waals surface area contributed by atoms with E-state index in [0.29, 0.717) is 5.75 Å². The highest BCUT2D eigenvalue weighted by Gasteiger charge is 2.00. The van der Waals surface area contributed by atoms with Crippen molar-refractivity contribution in [1.82, 2.24) is 0 Å². The van der Waals surface area contributed by atoms with Gasteiger partial charge in [0.05, 0.1) is 0 Å². The molecular formula is C41H76O. The smallest absolute Gasteiger partial charge is 0.118 e. The molecule has 1 aromatic rings. The van der Waals surface area contributed by atoms with E-state index < -0.39 is 0 Å². The largest absolute Gasteiger partial charge is 0.508 e. The highest BCUT2D eigenvalue weighted by molar-refractivity contribution is 5.31. The Morgan fingerprint density at radius 2 is 0.571 bits per heavy atom. The average molecular weight is 585 g/mol. The molecule has 0 spiro atoms. The molecule has 1 N–H and O–H groups in total. The number of hydrogen-bond donors (Lipinski definition) is 1. The van der Waals surface area contributed by atoms with Crippen molar-refractivity contribution in [2.45, 2.75) is 225 Å². The van der Waals surface area contributed by atoms with E-state index in [1.807, 2.05) is 12.1 Å². The SMILES string of the molecule is CCCCCCCCCCCCCCCCCCCCCCCCCCCCCCCCCCCc1ccccc1O. The lowest BCUT2D eigenvalue weighted by Crippen LogP contribution is -1.87. The van der Waals surface area contributed by atoms with Gasteiger partial charge in [-0.15, -0.1) is 0 Å². The summed E-state index contributed by atoms with van der Waals surface area (Å²) in [6.07, 6.45) is 48.8. The second-order valence-corrected chi connectivity index (χ2v) is 13.7. The lowest BCUT2D eigenvalue weighted by molar-refractivity contribution is 0.465. The molecule has 0 atom stereocenters. The first-order chi connectivity index (χ1) is 20.8. The van der Waals surface area contributed by atoms with Gasteiger partial charge in [0.2, 0.25) is 0 Å². The van der Waals surface area contributed by atoms with Crippen molar-refractivity contribution in [3.8, 4) is 5.75 Å². The van der Waals surface area contributed by atoms with Gasteiger partial charge < -0.3 is 5.11 Å². The molecule has 0 aliphatic rings. The molecule has 0 fully saturated rings. The van der Waals surface area contributed by atoms with Crippen molar-refractivity contribution >= 4 is 0 Å². The Bertz CT molecular complexity index is 637. The quantitative estimate of drug-likeness (QED) is 0.0799. The highest BCUT2D eigenvalue weighted by Crippen LogP contribution is 2.20. The third-order valence-electron chi connectivity index (χ3n) is 9.54. The van der Waals surface area contributed by atoms with Crippen molar-refractivity contribution in [2.24, 2.45) is 0 Å². The number of unbranched alkanes of at least 4 members (excludes halogenated alkanes) is 32. The van der Waals surface area contributed by atoms with E-state index in [1.54, 1.807) is 6.07 Å². The first-order valence-electron chi connectivity index (χ1n) is 19.6. The molecule has 0 unspecified atom stereocenters. The maximum atomic E-state index is 9.83. The minimum absolute atomic E-state index is 0.466. The van der Waals surface area contributed by atoms with Crippen LogP contribution in [0.1, 0.15) is 224 Å². The zero-order valence-corrected chi connectivity index (χ0v) is 28.8. The fourth-order valence-corrected chi connectivity index (χ4v) is 6.59. The lowest BCUT2D eigenvalue weighted by atomic mass is 10.0. The van der Waals surface area contributed by atoms with E-state index >= 15 is 0 Å². The van der Waals surface area contributed by atoms with Gasteiger partial charge in [-0.2, -0.15) is 0 Å². The summed E-state index contributed by atoms with van der Waals surface area (Å²) in [5.41, 5.74) is 1.11. The predicted molar refractivity (Wildman–Crippen MR) is 190 cm³/mol. The maximum absolute atomic E-state index is 9.83. The summed E-state index contributed by atoms with van der Waals surface area (Å²) < 4.78 is 0. The zero-order chi connectivity index (χ0) is 30.0. The summed E-state index contributed by atoms with van der Waals surface area (Å²) in [6, 6.07) is 7.79. The minimum atomic E-state index is 0.466. The van der Waals surface area contributed by atoms with E-state index in [0.717, 1.165) is 12.0 Å². The van der Waals surface area contributed by atoms with Gasteiger partial charge in [-0.3, -0.25) is 0 Å². The van der Waals surface area contributed by atoms with Crippen molar-refractivity contribution in [3.63, 3.8) is 0 Å². The molecule has 0 saturated carbocycles. The molecule has 0 aliphatic carbocycles. The fraction of sp³-hybridized carbons (Fsp3) is 0.854. The van der Waals surface area contributed by atoms with E-state index in [9.17, 15) is 5.11 Å². The van der Waals surface area contributed by atoms with Gasteiger partial charge in [-0.25, -0.2) is 0 Å². The number of para-hydroxylation sites is 1. The molecule has 0 bridgehead atoms. The highest BCUT2D eigenvalue weighted by atomic mass is 16.3. The molecule has 0 aromatic heterocycles. The second kappa shape index (κ2) is 32.9. The van der Waals surface area contributed by atoms with Crippen LogP contribution in [0.3, 0.4) is 0 Å². The lowest BCUT2D eigenvalue weighted by Gasteiger charge is -2.05. The van der Waals surface area contributed by atoms with Crippen LogP contribution in [-0.2, 0) is 6.42 Å². The Morgan fingerprint density at radius 1 is 0.333 bits per heavy atom. The van der Waals surface area contributed by atoms with Gasteiger partial charge in [0, 0.05) is 0 Å². The molecule has 246 valence electrons. The summed E-state index contributed by atoms with van der Waals surface area (Å²) >= 11 is 0. The molecule has 0 saturated heterocycles. The topological polar surface area (TPSA) is 20.2 Å². The van der Waals surface area contributed by atoms with E-state index in [4.69, 9.17) is 0 Å². The number of phenolic OH excluding ortho intramolecular Hbond substituents is 1. The maximum Gasteiger partial charge on any atom is 0.118 e. The minimum Gasteiger partial charge on any atom is -0.508 e. The molecule has 0 radical (unpaired) electrons. The molecular weight excluding hydrogens is 508 g/mol. The van der Waals surface area contributed by atoms with Gasteiger partial charge in [-0.1, -0.05) is 231 Å². The summed E-state index contributed by atoms with van der Waals surface area (Å²) in [7, 11) is 0.